The number of hydrogen-bond acceptors (Lipinski definition) is 6. The lowest BCUT2D eigenvalue weighted by atomic mass is 10.0. The standard InChI is InChI=1S/C30H39N3O2S/c1-4-7-10-13-18-33-25-16-11-12-17-26(25)36-30-27(33)28(34-19-14-8-5-2)23(21-31)24(22-32)29(30)35-20-15-9-6-3/h11-12,16-17H,4-10,13-15,18-20H2,1-3H3. The summed E-state index contributed by atoms with van der Waals surface area (Å²) in [6, 6.07) is 13.0. The highest BCUT2D eigenvalue weighted by molar-refractivity contribution is 7.99. The number of hydrogen-bond donors (Lipinski definition) is 0. The summed E-state index contributed by atoms with van der Waals surface area (Å²) in [7, 11) is 0. The van der Waals surface area contributed by atoms with Crippen molar-refractivity contribution >= 4 is 23.1 Å². The van der Waals surface area contributed by atoms with Crippen molar-refractivity contribution in [3.05, 3.63) is 35.4 Å². The van der Waals surface area contributed by atoms with Crippen molar-refractivity contribution in [2.45, 2.75) is 94.8 Å². The minimum Gasteiger partial charge on any atom is -0.491 e. The molecule has 0 fully saturated rings. The number of unbranched alkanes of at least 4 members (excludes halogenated alkanes) is 7. The zero-order chi connectivity index (χ0) is 25.8. The van der Waals surface area contributed by atoms with Crippen LogP contribution in [0.15, 0.2) is 34.1 Å². The Balaban J connectivity index is 2.17. The van der Waals surface area contributed by atoms with E-state index in [1.807, 2.05) is 6.07 Å². The summed E-state index contributed by atoms with van der Waals surface area (Å²) in [5, 5.41) is 20.4. The lowest BCUT2D eigenvalue weighted by molar-refractivity contribution is 0.291. The molecule has 0 bridgehead atoms. The highest BCUT2D eigenvalue weighted by Gasteiger charge is 2.34. The largest absolute Gasteiger partial charge is 0.491 e. The van der Waals surface area contributed by atoms with E-state index in [4.69, 9.17) is 9.47 Å². The smallest absolute Gasteiger partial charge is 0.163 e. The second-order valence-electron chi connectivity index (χ2n) is 9.20. The van der Waals surface area contributed by atoms with Crippen LogP contribution >= 0.6 is 11.8 Å². The minimum atomic E-state index is 0.288. The van der Waals surface area contributed by atoms with Gasteiger partial charge in [0.2, 0.25) is 0 Å². The molecular formula is C30H39N3O2S. The van der Waals surface area contributed by atoms with E-state index in [9.17, 15) is 10.5 Å². The molecule has 0 saturated heterocycles. The maximum absolute atomic E-state index is 10.2. The van der Waals surface area contributed by atoms with Crippen LogP contribution in [0.3, 0.4) is 0 Å². The van der Waals surface area contributed by atoms with Gasteiger partial charge in [-0.1, -0.05) is 89.6 Å². The SMILES string of the molecule is CCCCCCN1c2ccccc2Sc2c(OCCCCC)c(C#N)c(C#N)c(OCCCCC)c21. The Morgan fingerprint density at radius 1 is 0.750 bits per heavy atom. The number of nitrogens with zero attached hydrogens (tertiary/aromatic N) is 3. The van der Waals surface area contributed by atoms with Crippen LogP contribution in [0.1, 0.15) is 96.1 Å². The number of benzene rings is 2. The van der Waals surface area contributed by atoms with E-state index in [2.05, 4.69) is 56.0 Å². The van der Waals surface area contributed by atoms with Crippen molar-refractivity contribution in [3.8, 4) is 23.6 Å². The number of para-hydroxylation sites is 1. The monoisotopic (exact) mass is 505 g/mol. The van der Waals surface area contributed by atoms with E-state index in [1.165, 1.54) is 12.8 Å². The van der Waals surface area contributed by atoms with Gasteiger partial charge in [-0.15, -0.1) is 0 Å². The van der Waals surface area contributed by atoms with Crippen molar-refractivity contribution in [2.75, 3.05) is 24.7 Å². The van der Waals surface area contributed by atoms with Crippen LogP contribution in [-0.2, 0) is 0 Å². The number of ether oxygens (including phenoxy) is 2. The third kappa shape index (κ3) is 6.48. The van der Waals surface area contributed by atoms with Gasteiger partial charge in [-0.3, -0.25) is 0 Å². The first-order chi connectivity index (χ1) is 17.7. The molecule has 1 aliphatic heterocycles. The van der Waals surface area contributed by atoms with Crippen LogP contribution < -0.4 is 14.4 Å². The Labute approximate surface area is 221 Å². The molecule has 36 heavy (non-hydrogen) atoms. The first-order valence-corrected chi connectivity index (χ1v) is 14.4. The summed E-state index contributed by atoms with van der Waals surface area (Å²) in [6.07, 6.45) is 10.7. The van der Waals surface area contributed by atoms with Crippen LogP contribution in [0.4, 0.5) is 11.4 Å². The summed E-state index contributed by atoms with van der Waals surface area (Å²) in [5.41, 5.74) is 2.58. The molecule has 3 rings (SSSR count). The van der Waals surface area contributed by atoms with E-state index < -0.39 is 0 Å². The molecule has 1 heterocycles. The summed E-state index contributed by atoms with van der Waals surface area (Å²) in [5.74, 6) is 1.05. The minimum absolute atomic E-state index is 0.288. The van der Waals surface area contributed by atoms with Gasteiger partial charge < -0.3 is 14.4 Å². The van der Waals surface area contributed by atoms with Crippen LogP contribution in [0.2, 0.25) is 0 Å². The Morgan fingerprint density at radius 2 is 1.33 bits per heavy atom. The lowest BCUT2D eigenvalue weighted by Gasteiger charge is -2.35. The van der Waals surface area contributed by atoms with Crippen LogP contribution in [0.5, 0.6) is 11.5 Å². The van der Waals surface area contributed by atoms with Gasteiger partial charge in [0.15, 0.2) is 11.5 Å². The molecule has 0 atom stereocenters. The van der Waals surface area contributed by atoms with E-state index in [-0.39, 0.29) is 11.1 Å². The number of nitriles is 2. The van der Waals surface area contributed by atoms with Gasteiger partial charge in [0.1, 0.15) is 29.0 Å². The molecule has 0 spiro atoms. The molecular weight excluding hydrogens is 466 g/mol. The maximum atomic E-state index is 10.2. The molecule has 0 N–H and O–H groups in total. The molecule has 0 saturated carbocycles. The highest BCUT2D eigenvalue weighted by Crippen LogP contribution is 2.57. The van der Waals surface area contributed by atoms with Crippen LogP contribution in [0.25, 0.3) is 0 Å². The second kappa shape index (κ2) is 14.7. The van der Waals surface area contributed by atoms with Crippen LogP contribution in [0, 0.1) is 22.7 Å². The molecule has 0 aliphatic carbocycles. The molecule has 0 unspecified atom stereocenters. The molecule has 192 valence electrons. The van der Waals surface area contributed by atoms with Crippen molar-refractivity contribution in [3.63, 3.8) is 0 Å². The fraction of sp³-hybridized carbons (Fsp3) is 0.533. The zero-order valence-corrected chi connectivity index (χ0v) is 22.9. The van der Waals surface area contributed by atoms with Crippen molar-refractivity contribution < 1.29 is 9.47 Å². The summed E-state index contributed by atoms with van der Waals surface area (Å²) < 4.78 is 12.7. The third-order valence-electron chi connectivity index (χ3n) is 6.43. The first-order valence-electron chi connectivity index (χ1n) is 13.6. The quantitative estimate of drug-likeness (QED) is 0.225. The number of rotatable bonds is 15. The van der Waals surface area contributed by atoms with Gasteiger partial charge >= 0.3 is 0 Å². The second-order valence-corrected chi connectivity index (χ2v) is 10.3. The molecule has 1 aliphatic rings. The first kappa shape index (κ1) is 27.8. The van der Waals surface area contributed by atoms with Crippen molar-refractivity contribution in [1.82, 2.24) is 0 Å². The third-order valence-corrected chi connectivity index (χ3v) is 7.57. The predicted molar refractivity (Wildman–Crippen MR) is 148 cm³/mol. The Morgan fingerprint density at radius 3 is 1.97 bits per heavy atom. The molecule has 5 nitrogen and oxygen atoms in total. The van der Waals surface area contributed by atoms with Crippen LogP contribution in [-0.4, -0.2) is 19.8 Å². The van der Waals surface area contributed by atoms with Gasteiger partial charge in [-0.2, -0.15) is 10.5 Å². The van der Waals surface area contributed by atoms with Gasteiger partial charge in [0.05, 0.1) is 23.8 Å². The number of fused-ring (bicyclic) bond motifs is 2. The fourth-order valence-electron chi connectivity index (χ4n) is 4.48. The van der Waals surface area contributed by atoms with E-state index in [1.54, 1.807) is 11.8 Å². The van der Waals surface area contributed by atoms with Gasteiger partial charge in [0.25, 0.3) is 0 Å². The average molecular weight is 506 g/mol. The predicted octanol–water partition coefficient (Wildman–Crippen LogP) is 8.75. The molecule has 2 aromatic carbocycles. The van der Waals surface area contributed by atoms with Gasteiger partial charge in [-0.05, 0) is 31.4 Å². The summed E-state index contributed by atoms with van der Waals surface area (Å²) in [6.45, 7) is 8.40. The van der Waals surface area contributed by atoms with E-state index >= 15 is 0 Å². The topological polar surface area (TPSA) is 69.3 Å². The summed E-state index contributed by atoms with van der Waals surface area (Å²) >= 11 is 1.62. The number of anilines is 2. The summed E-state index contributed by atoms with van der Waals surface area (Å²) in [4.78, 5) is 4.32. The molecule has 0 aromatic heterocycles. The normalized spacial score (nSPS) is 11.9. The van der Waals surface area contributed by atoms with Crippen molar-refractivity contribution in [1.29, 1.82) is 10.5 Å². The molecule has 0 radical (unpaired) electrons. The maximum Gasteiger partial charge on any atom is 0.163 e. The average Bonchev–Trinajstić information content (AvgIpc) is 2.90. The Hall–Kier alpha value is -2.83. The lowest BCUT2D eigenvalue weighted by Crippen LogP contribution is -2.24. The van der Waals surface area contributed by atoms with Crippen molar-refractivity contribution in [2.24, 2.45) is 0 Å². The molecule has 0 amide bonds. The van der Waals surface area contributed by atoms with Gasteiger partial charge in [0, 0.05) is 11.4 Å². The van der Waals surface area contributed by atoms with E-state index in [0.717, 1.165) is 79.1 Å². The van der Waals surface area contributed by atoms with E-state index in [0.29, 0.717) is 24.7 Å². The fourth-order valence-corrected chi connectivity index (χ4v) is 5.68. The van der Waals surface area contributed by atoms with Gasteiger partial charge in [-0.25, -0.2) is 0 Å². The highest BCUT2D eigenvalue weighted by atomic mass is 32.2. The Bertz CT molecular complexity index is 1090. The zero-order valence-electron chi connectivity index (χ0n) is 22.1. The molecule has 2 aromatic rings. The molecule has 6 heteroatoms. The Kier molecular flexibility index (Phi) is 11.3.